The van der Waals surface area contributed by atoms with Gasteiger partial charge in [-0.05, 0) is 33.1 Å². The minimum absolute atomic E-state index is 0.192. The molecule has 0 aromatic heterocycles. The molecule has 0 saturated carbocycles. The Morgan fingerprint density at radius 1 is 0.644 bits per heavy atom. The molecule has 28 nitrogen and oxygen atoms in total. The molecule has 0 aromatic carbocycles. The Morgan fingerprint density at radius 2 is 1.23 bits per heavy atom. The van der Waals surface area contributed by atoms with Gasteiger partial charge in [0.15, 0.2) is 12.1 Å². The zero-order valence-corrected chi connectivity index (χ0v) is 49.4. The number of carbonyl (C=O) groups is 2. The first-order valence-corrected chi connectivity index (χ1v) is 29.4. The number of rotatable bonds is 12. The predicted molar refractivity (Wildman–Crippen MR) is 306 cm³/mol. The number of amides is 1. The molecule has 4 aliphatic rings. The number of allylic oxidation sites excluding steroid dienone is 12. The number of esters is 1. The minimum Gasteiger partial charge on any atom is -0.462 e. The lowest BCUT2D eigenvalue weighted by Gasteiger charge is -2.47. The van der Waals surface area contributed by atoms with Crippen molar-refractivity contribution >= 4 is 11.9 Å². The van der Waals surface area contributed by atoms with Gasteiger partial charge in [-0.1, -0.05) is 98.9 Å². The van der Waals surface area contributed by atoms with Gasteiger partial charge in [-0.15, -0.1) is 0 Å². The quantitative estimate of drug-likeness (QED) is 0.0811. The lowest BCUT2D eigenvalue weighted by molar-refractivity contribution is -0.323. The molecule has 0 aromatic rings. The van der Waals surface area contributed by atoms with E-state index in [0.717, 1.165) is 0 Å². The number of hydrogen-bond donors (Lipinski definition) is 21. The second-order valence-electron chi connectivity index (χ2n) is 23.3. The first-order valence-electron chi connectivity index (χ1n) is 29.4. The van der Waals surface area contributed by atoms with E-state index in [0.29, 0.717) is 0 Å². The van der Waals surface area contributed by atoms with Crippen molar-refractivity contribution < 1.29 is 130 Å². The smallest absolute Gasteiger partial charge is 0.308 e. The fourth-order valence-corrected chi connectivity index (χ4v) is 10.5. The topological polar surface area (TPSA) is 489 Å². The molecule has 0 aliphatic carbocycles. The Balaban J connectivity index is 1.70. The number of nitrogens with one attached hydrogen (secondary N) is 2. The molecule has 1 amide bonds. The number of carbonyl (C=O) groups excluding carboxylic acids is 2. The third-order valence-corrected chi connectivity index (χ3v) is 16.1. The molecule has 498 valence electrons. The summed E-state index contributed by atoms with van der Waals surface area (Å²) in [5.41, 5.74) is 0. The molecule has 3 saturated heterocycles. The van der Waals surface area contributed by atoms with Gasteiger partial charge in [0.2, 0.25) is 11.7 Å². The molecule has 28 heteroatoms. The van der Waals surface area contributed by atoms with Crippen LogP contribution in [0.25, 0.3) is 0 Å². The third-order valence-electron chi connectivity index (χ3n) is 16.1. The van der Waals surface area contributed by atoms with E-state index < -0.39 is 228 Å². The number of ether oxygens (including phenoxy) is 5. The normalized spacial score (nSPS) is 43.9. The molecule has 2 bridgehead atoms. The first-order chi connectivity index (χ1) is 40.9. The fourth-order valence-electron chi connectivity index (χ4n) is 10.5. The highest BCUT2D eigenvalue weighted by Gasteiger charge is 2.53. The zero-order chi connectivity index (χ0) is 64.9. The van der Waals surface area contributed by atoms with Crippen LogP contribution in [0.2, 0.25) is 0 Å². The summed E-state index contributed by atoms with van der Waals surface area (Å²) in [5.74, 6) is -9.49. The van der Waals surface area contributed by atoms with Crippen LogP contribution in [0, 0.1) is 17.8 Å². The lowest BCUT2D eigenvalue weighted by atomic mass is 9.82. The molecule has 3 fully saturated rings. The van der Waals surface area contributed by atoms with Gasteiger partial charge in [0.25, 0.3) is 0 Å². The monoisotopic (exact) mass is 1250 g/mol. The highest BCUT2D eigenvalue weighted by molar-refractivity contribution is 5.80. The maximum Gasteiger partial charge on any atom is 0.308 e. The number of cyclic esters (lactones) is 1. The summed E-state index contributed by atoms with van der Waals surface area (Å²) in [7, 11) is 0. The van der Waals surface area contributed by atoms with E-state index in [1.165, 1.54) is 19.1 Å². The number of aliphatic hydroxyl groups excluding tert-OH is 17. The minimum atomic E-state index is -2.54. The molecule has 0 radical (unpaired) electrons. The van der Waals surface area contributed by atoms with Crippen molar-refractivity contribution in [3.05, 3.63) is 85.1 Å². The van der Waals surface area contributed by atoms with Crippen molar-refractivity contribution in [1.29, 1.82) is 0 Å². The largest absolute Gasteiger partial charge is 0.462 e. The van der Waals surface area contributed by atoms with E-state index in [4.69, 9.17) is 23.7 Å². The van der Waals surface area contributed by atoms with E-state index in [1.54, 1.807) is 93.7 Å². The van der Waals surface area contributed by atoms with E-state index in [9.17, 15) is 107 Å². The molecule has 27 atom stereocenters. The van der Waals surface area contributed by atoms with Crippen LogP contribution >= 0.6 is 0 Å². The van der Waals surface area contributed by atoms with Gasteiger partial charge in [0.05, 0.1) is 111 Å². The molecule has 4 heterocycles. The molecule has 4 rings (SSSR count). The summed E-state index contributed by atoms with van der Waals surface area (Å²) in [4.78, 5) is 26.9. The van der Waals surface area contributed by atoms with Gasteiger partial charge in [-0.3, -0.25) is 9.59 Å². The van der Waals surface area contributed by atoms with Gasteiger partial charge in [0.1, 0.15) is 48.8 Å². The Morgan fingerprint density at radius 3 is 1.84 bits per heavy atom. The molecule has 0 spiro atoms. The number of fused-ring (bicyclic) bond motifs is 2. The van der Waals surface area contributed by atoms with E-state index in [2.05, 4.69) is 10.6 Å². The predicted octanol–water partition coefficient (Wildman–Crippen LogP) is -5.39. The Kier molecular flexibility index (Phi) is 31.5. The summed E-state index contributed by atoms with van der Waals surface area (Å²) in [5, 5.41) is 210. The van der Waals surface area contributed by atoms with E-state index in [-0.39, 0.29) is 25.2 Å². The van der Waals surface area contributed by atoms with E-state index >= 15 is 0 Å². The Hall–Kier alpha value is -3.84. The molecular weight excluding hydrogens is 1150 g/mol. The average Bonchev–Trinajstić information content (AvgIpc) is 1.43. The van der Waals surface area contributed by atoms with Crippen LogP contribution in [-0.2, 0) is 33.3 Å². The van der Waals surface area contributed by atoms with Gasteiger partial charge < -0.3 is 131 Å². The molecule has 4 aliphatic heterocycles. The van der Waals surface area contributed by atoms with Crippen LogP contribution in [0.3, 0.4) is 0 Å². The zero-order valence-electron chi connectivity index (χ0n) is 49.4. The maximum atomic E-state index is 14.2. The van der Waals surface area contributed by atoms with Crippen LogP contribution in [0.4, 0.5) is 0 Å². The molecule has 7 unspecified atom stereocenters. The summed E-state index contributed by atoms with van der Waals surface area (Å²) in [6, 6.07) is -1.44. The maximum absolute atomic E-state index is 14.2. The van der Waals surface area contributed by atoms with Crippen molar-refractivity contribution in [2.45, 2.75) is 225 Å². The second-order valence-corrected chi connectivity index (χ2v) is 23.3. The Labute approximate surface area is 505 Å². The van der Waals surface area contributed by atoms with Crippen LogP contribution in [0.15, 0.2) is 85.1 Å². The lowest BCUT2D eigenvalue weighted by Crippen LogP contribution is -2.69. The SMILES string of the molecule is C[C@@H]1[C@H](O)[C@@H](C)/C=C/C=C/C=C/C=C/C=C/C=C/C=C/[C@H](OC2O[C@H](C)[C@@H](O)[C@H](NC[C@@]3(O)OC[C@@H](O)[C@H](O)[C@@H]3O)[C@@H]2O)CC2O[C@](O)(C[C@@H](O)C[C@@H](O)[C@H](O)CC[C@@H](O)C[C@@H](O)CC(=O)O[C@H]1C)C[C@H](O)C2C(=O)NCC(O)C(O)C(O)C(O)CO. The van der Waals surface area contributed by atoms with Crippen molar-refractivity contribution in [3.63, 3.8) is 0 Å². The van der Waals surface area contributed by atoms with Crippen LogP contribution in [0.5, 0.6) is 0 Å². The van der Waals surface area contributed by atoms with Crippen molar-refractivity contribution in [2.75, 3.05) is 26.3 Å². The number of hydrogen-bond acceptors (Lipinski definition) is 27. The van der Waals surface area contributed by atoms with Gasteiger partial charge in [-0.25, -0.2) is 0 Å². The van der Waals surface area contributed by atoms with Gasteiger partial charge in [-0.2, -0.15) is 0 Å². The molecular formula is C59H96N2O26. The van der Waals surface area contributed by atoms with Gasteiger partial charge >= 0.3 is 5.97 Å². The average molecular weight is 1250 g/mol. The second kappa shape index (κ2) is 36.3. The standard InChI is InChI=1S/C59H96N2O26/c1-31-17-15-13-11-9-7-5-6-8-10-12-14-16-18-38(86-57-54(78)48(50(74)34(4)85-57)61-30-59(82)55(79)53(77)44(71)29-83-59)24-45-47(56(80)60-27-42(69)51(75)52(76)43(70)28-62)41(68)26-58(81,87-45)25-37(65)22-40(67)39(66)20-19-35(63)21-36(64)23-46(72)84-33(3)32(2)49(31)73/h5-18,31-45,47-55,57,61-71,73-79,81-82H,19-30H2,1-4H3,(H,60,80)/b6-5+,9-7+,10-8+,13-11+,14-12+,17-15+,18-16+/t31-,32-,33-,34+,35+,36+,37-,38-,39+,40+,41-,42?,43?,44+,45?,47?,48-,49+,50+,51?,52?,53-,54-,55-,57?,58+,59+/m0/s1. The number of aliphatic hydroxyl groups is 19. The summed E-state index contributed by atoms with van der Waals surface area (Å²) >= 11 is 0. The van der Waals surface area contributed by atoms with Gasteiger partial charge in [0, 0.05) is 44.1 Å². The van der Waals surface area contributed by atoms with Crippen molar-refractivity contribution in [1.82, 2.24) is 10.6 Å². The Bertz CT molecular complexity index is 2270. The first kappa shape index (κ1) is 75.6. The third kappa shape index (κ3) is 23.4. The summed E-state index contributed by atoms with van der Waals surface area (Å²) < 4.78 is 29.1. The van der Waals surface area contributed by atoms with Crippen LogP contribution in [0.1, 0.15) is 79.1 Å². The van der Waals surface area contributed by atoms with E-state index in [1.807, 2.05) is 0 Å². The van der Waals surface area contributed by atoms with Crippen molar-refractivity contribution in [2.24, 2.45) is 17.8 Å². The molecule has 87 heavy (non-hydrogen) atoms. The molecule has 21 N–H and O–H groups in total. The van der Waals surface area contributed by atoms with Crippen LogP contribution < -0.4 is 10.6 Å². The highest BCUT2D eigenvalue weighted by Crippen LogP contribution is 2.39. The highest BCUT2D eigenvalue weighted by atomic mass is 16.7. The summed E-state index contributed by atoms with van der Waals surface area (Å²) in [6.45, 7) is 3.39. The summed E-state index contributed by atoms with van der Waals surface area (Å²) in [6.07, 6.45) is -14.6. The fraction of sp³-hybridized carbons (Fsp3) is 0.729. The van der Waals surface area contributed by atoms with Crippen LogP contribution in [-0.4, -0.2) is 281 Å². The van der Waals surface area contributed by atoms with Crippen molar-refractivity contribution in [3.8, 4) is 0 Å².